The molecule has 0 saturated carbocycles. The van der Waals surface area contributed by atoms with Crippen LogP contribution in [0, 0.1) is 0 Å². The Morgan fingerprint density at radius 3 is 2.24 bits per heavy atom. The van der Waals surface area contributed by atoms with Crippen molar-refractivity contribution < 1.29 is 14.0 Å². The van der Waals surface area contributed by atoms with Crippen molar-refractivity contribution in [2.24, 2.45) is 0 Å². The van der Waals surface area contributed by atoms with Crippen molar-refractivity contribution in [3.05, 3.63) is 88.3 Å². The van der Waals surface area contributed by atoms with Gasteiger partial charge in [-0.3, -0.25) is 9.36 Å². The molecule has 0 radical (unpaired) electrons. The smallest absolute Gasteiger partial charge is 0.262 e. The van der Waals surface area contributed by atoms with Crippen LogP contribution < -0.4 is 15.0 Å². The predicted molar refractivity (Wildman–Crippen MR) is 126 cm³/mol. The Hall–Kier alpha value is -4.10. The number of rotatable bonds is 5. The number of halogens is 1. The molecule has 2 heterocycles. The molecule has 0 fully saturated rings. The minimum Gasteiger partial charge on any atom is -0.497 e. The molecule has 0 spiro atoms. The molecule has 33 heavy (non-hydrogen) atoms. The van der Waals surface area contributed by atoms with Crippen molar-refractivity contribution in [3.8, 4) is 40.0 Å². The number of fused-ring (bicyclic) bond motifs is 1. The molecular weight excluding hydrogens is 442 g/mol. The number of hydrogen-bond acceptors (Lipinski definition) is 6. The van der Waals surface area contributed by atoms with Gasteiger partial charge in [0.2, 0.25) is 5.82 Å². The van der Waals surface area contributed by atoms with Gasteiger partial charge in [0, 0.05) is 39.3 Å². The molecular formula is C25H18ClN3O4. The van der Waals surface area contributed by atoms with E-state index in [1.54, 1.807) is 73.5 Å². The average Bonchev–Trinajstić information content (AvgIpc) is 3.35. The molecule has 7 nitrogen and oxygen atoms in total. The van der Waals surface area contributed by atoms with Crippen molar-refractivity contribution >= 4 is 22.4 Å². The Morgan fingerprint density at radius 1 is 0.909 bits per heavy atom. The third-order valence-corrected chi connectivity index (χ3v) is 5.55. The summed E-state index contributed by atoms with van der Waals surface area (Å²) >= 11 is 6.03. The summed E-state index contributed by atoms with van der Waals surface area (Å²) in [6, 6.07) is 19.7. The first-order chi connectivity index (χ1) is 16.1. The molecule has 164 valence electrons. The number of methoxy groups -OCH3 is 2. The fourth-order valence-corrected chi connectivity index (χ4v) is 3.77. The average molecular weight is 460 g/mol. The second-order valence-electron chi connectivity index (χ2n) is 7.26. The zero-order valence-corrected chi connectivity index (χ0v) is 18.5. The van der Waals surface area contributed by atoms with Crippen LogP contribution in [-0.4, -0.2) is 28.9 Å². The van der Waals surface area contributed by atoms with E-state index in [-0.39, 0.29) is 11.4 Å². The molecule has 0 atom stereocenters. The van der Waals surface area contributed by atoms with E-state index in [0.717, 1.165) is 0 Å². The van der Waals surface area contributed by atoms with E-state index in [1.807, 2.05) is 18.2 Å². The molecule has 0 aliphatic carbocycles. The van der Waals surface area contributed by atoms with Crippen molar-refractivity contribution in [1.29, 1.82) is 0 Å². The van der Waals surface area contributed by atoms with Crippen molar-refractivity contribution in [1.82, 2.24) is 14.7 Å². The molecule has 0 bridgehead atoms. The summed E-state index contributed by atoms with van der Waals surface area (Å²) in [5, 5.41) is 5.99. The highest BCUT2D eigenvalue weighted by molar-refractivity contribution is 6.30. The standard InChI is InChI=1S/C25H18ClN3O4/c1-31-18-11-15(12-19(13-18)32-2)23-27-24(33-28-23)22-14-29(17-9-7-16(26)8-10-17)25(30)21-6-4-3-5-20(21)22/h3-14H,1-2H3. The molecule has 8 heteroatoms. The zero-order chi connectivity index (χ0) is 22.9. The van der Waals surface area contributed by atoms with Crippen LogP contribution in [-0.2, 0) is 0 Å². The van der Waals surface area contributed by atoms with Crippen LogP contribution in [0.5, 0.6) is 11.5 Å². The lowest BCUT2D eigenvalue weighted by Crippen LogP contribution is -2.18. The maximum atomic E-state index is 13.2. The van der Waals surface area contributed by atoms with Crippen LogP contribution in [0.4, 0.5) is 0 Å². The van der Waals surface area contributed by atoms with Crippen LogP contribution in [0.3, 0.4) is 0 Å². The Labute approximate surface area is 193 Å². The predicted octanol–water partition coefficient (Wildman–Crippen LogP) is 5.38. The van der Waals surface area contributed by atoms with Gasteiger partial charge in [0.05, 0.1) is 19.8 Å². The van der Waals surface area contributed by atoms with Gasteiger partial charge in [-0.15, -0.1) is 0 Å². The first-order valence-corrected chi connectivity index (χ1v) is 10.4. The van der Waals surface area contributed by atoms with Crippen molar-refractivity contribution in [2.45, 2.75) is 0 Å². The van der Waals surface area contributed by atoms with Gasteiger partial charge in [0.15, 0.2) is 0 Å². The lowest BCUT2D eigenvalue weighted by atomic mass is 10.1. The maximum Gasteiger partial charge on any atom is 0.262 e. The van der Waals surface area contributed by atoms with E-state index in [1.165, 1.54) is 0 Å². The summed E-state index contributed by atoms with van der Waals surface area (Å²) in [5.41, 5.74) is 1.83. The summed E-state index contributed by atoms with van der Waals surface area (Å²) in [5.74, 6) is 1.87. The van der Waals surface area contributed by atoms with E-state index in [9.17, 15) is 4.79 Å². The number of pyridine rings is 1. The third kappa shape index (κ3) is 3.83. The van der Waals surface area contributed by atoms with Gasteiger partial charge < -0.3 is 14.0 Å². The number of nitrogens with zero attached hydrogens (tertiary/aromatic N) is 3. The fraction of sp³-hybridized carbons (Fsp3) is 0.0800. The minimum atomic E-state index is -0.158. The Bertz CT molecular complexity index is 1500. The van der Waals surface area contributed by atoms with E-state index in [2.05, 4.69) is 10.1 Å². The fourth-order valence-electron chi connectivity index (χ4n) is 3.64. The highest BCUT2D eigenvalue weighted by atomic mass is 35.5. The lowest BCUT2D eigenvalue weighted by molar-refractivity contribution is 0.394. The normalized spacial score (nSPS) is 11.0. The second kappa shape index (κ2) is 8.44. The van der Waals surface area contributed by atoms with E-state index < -0.39 is 0 Å². The molecule has 2 aromatic heterocycles. The lowest BCUT2D eigenvalue weighted by Gasteiger charge is -2.10. The van der Waals surface area contributed by atoms with Crippen molar-refractivity contribution in [3.63, 3.8) is 0 Å². The Morgan fingerprint density at radius 2 is 1.58 bits per heavy atom. The molecule has 0 N–H and O–H groups in total. The molecule has 0 aliphatic heterocycles. The Balaban J connectivity index is 1.69. The zero-order valence-electron chi connectivity index (χ0n) is 17.8. The van der Waals surface area contributed by atoms with Gasteiger partial charge in [0.25, 0.3) is 11.4 Å². The summed E-state index contributed by atoms with van der Waals surface area (Å²) in [4.78, 5) is 17.8. The summed E-state index contributed by atoms with van der Waals surface area (Å²) in [6.45, 7) is 0. The first-order valence-electron chi connectivity index (χ1n) is 10.1. The van der Waals surface area contributed by atoms with Crippen LogP contribution in [0.2, 0.25) is 5.02 Å². The number of aromatic nitrogens is 3. The monoisotopic (exact) mass is 459 g/mol. The topological polar surface area (TPSA) is 79.4 Å². The molecule has 0 amide bonds. The number of ether oxygens (including phenoxy) is 2. The van der Waals surface area contributed by atoms with Gasteiger partial charge in [-0.2, -0.15) is 4.98 Å². The van der Waals surface area contributed by atoms with E-state index in [4.69, 9.17) is 25.6 Å². The number of hydrogen-bond donors (Lipinski definition) is 0. The molecule has 3 aromatic carbocycles. The summed E-state index contributed by atoms with van der Waals surface area (Å²) in [6.07, 6.45) is 1.71. The van der Waals surface area contributed by atoms with Gasteiger partial charge in [0.1, 0.15) is 11.5 Å². The van der Waals surface area contributed by atoms with E-state index in [0.29, 0.717) is 49.9 Å². The third-order valence-electron chi connectivity index (χ3n) is 5.30. The highest BCUT2D eigenvalue weighted by Gasteiger charge is 2.18. The highest BCUT2D eigenvalue weighted by Crippen LogP contribution is 2.31. The second-order valence-corrected chi connectivity index (χ2v) is 7.70. The van der Waals surface area contributed by atoms with Gasteiger partial charge in [-0.1, -0.05) is 35.0 Å². The van der Waals surface area contributed by atoms with Crippen LogP contribution >= 0.6 is 11.6 Å². The van der Waals surface area contributed by atoms with Gasteiger partial charge in [-0.25, -0.2) is 0 Å². The molecule has 0 unspecified atom stereocenters. The van der Waals surface area contributed by atoms with E-state index >= 15 is 0 Å². The maximum absolute atomic E-state index is 13.2. The van der Waals surface area contributed by atoms with Gasteiger partial charge in [-0.05, 0) is 42.5 Å². The largest absolute Gasteiger partial charge is 0.497 e. The van der Waals surface area contributed by atoms with Crippen LogP contribution in [0.1, 0.15) is 0 Å². The quantitative estimate of drug-likeness (QED) is 0.351. The summed E-state index contributed by atoms with van der Waals surface area (Å²) < 4.78 is 17.9. The molecule has 5 aromatic rings. The van der Waals surface area contributed by atoms with Crippen LogP contribution in [0.25, 0.3) is 39.3 Å². The minimum absolute atomic E-state index is 0.158. The summed E-state index contributed by atoms with van der Waals surface area (Å²) in [7, 11) is 3.15. The number of benzene rings is 3. The van der Waals surface area contributed by atoms with Gasteiger partial charge >= 0.3 is 0 Å². The molecule has 0 aliphatic rings. The SMILES string of the molecule is COc1cc(OC)cc(-c2noc(-c3cn(-c4ccc(Cl)cc4)c(=O)c4ccccc34)n2)c1. The molecule has 0 saturated heterocycles. The van der Waals surface area contributed by atoms with Crippen molar-refractivity contribution in [2.75, 3.05) is 14.2 Å². The van der Waals surface area contributed by atoms with Crippen LogP contribution in [0.15, 0.2) is 82.2 Å². The Kier molecular flexibility index (Phi) is 5.32. The first kappa shape index (κ1) is 20.8. The molecule has 5 rings (SSSR count).